The lowest BCUT2D eigenvalue weighted by Gasteiger charge is -2.15. The third-order valence-corrected chi connectivity index (χ3v) is 3.72. The molecule has 0 heterocycles. The number of carbonyl (C=O) groups excluding carboxylic acids is 2. The number of nitro benzene ring substituents is 1. The summed E-state index contributed by atoms with van der Waals surface area (Å²) in [4.78, 5) is 34.6. The van der Waals surface area contributed by atoms with Gasteiger partial charge in [0.05, 0.1) is 17.7 Å². The van der Waals surface area contributed by atoms with Crippen molar-refractivity contribution >= 4 is 34.9 Å². The number of amides is 1. The Bertz CT molecular complexity index is 901. The van der Waals surface area contributed by atoms with Gasteiger partial charge in [-0.2, -0.15) is 0 Å². The van der Waals surface area contributed by atoms with Crippen molar-refractivity contribution in [2.24, 2.45) is 0 Å². The van der Waals surface area contributed by atoms with Crippen LogP contribution in [0, 0.1) is 10.1 Å². The number of nitro groups is 1. The summed E-state index contributed by atoms with van der Waals surface area (Å²) in [5.41, 5.74) is -0.359. The largest absolute Gasteiger partial charge is 0.507 e. The number of ether oxygens (including phenoxy) is 2. The standard InChI is InChI=1S/C17H15ClN2O7/c1-9(27-17(23)12-5-3-10(18)7-14(12)21)16(22)19-13-8-11(20(24)25)4-6-15(13)26-2/h3-9,21H,1-2H3,(H,19,22)/t9-/m0/s1. The van der Waals surface area contributed by atoms with E-state index in [2.05, 4.69) is 5.32 Å². The van der Waals surface area contributed by atoms with Gasteiger partial charge in [0.15, 0.2) is 6.10 Å². The summed E-state index contributed by atoms with van der Waals surface area (Å²) < 4.78 is 10.1. The van der Waals surface area contributed by atoms with E-state index in [1.165, 1.54) is 38.3 Å². The molecular formula is C17H15ClN2O7. The van der Waals surface area contributed by atoms with Gasteiger partial charge >= 0.3 is 5.97 Å². The molecule has 0 saturated carbocycles. The zero-order valence-electron chi connectivity index (χ0n) is 14.3. The van der Waals surface area contributed by atoms with Crippen LogP contribution in [0.15, 0.2) is 36.4 Å². The van der Waals surface area contributed by atoms with E-state index in [4.69, 9.17) is 21.1 Å². The lowest BCUT2D eigenvalue weighted by atomic mass is 10.2. The number of rotatable bonds is 6. The molecule has 142 valence electrons. The average molecular weight is 395 g/mol. The number of hydrogen-bond acceptors (Lipinski definition) is 7. The molecule has 0 radical (unpaired) electrons. The van der Waals surface area contributed by atoms with Crippen LogP contribution in [-0.2, 0) is 9.53 Å². The molecule has 0 saturated heterocycles. The van der Waals surface area contributed by atoms with Crippen molar-refractivity contribution in [2.45, 2.75) is 13.0 Å². The smallest absolute Gasteiger partial charge is 0.342 e. The zero-order chi connectivity index (χ0) is 20.1. The van der Waals surface area contributed by atoms with Crippen LogP contribution in [0.1, 0.15) is 17.3 Å². The molecule has 10 heteroatoms. The molecule has 1 atom stereocenters. The zero-order valence-corrected chi connectivity index (χ0v) is 15.0. The summed E-state index contributed by atoms with van der Waals surface area (Å²) in [6, 6.07) is 7.48. The Morgan fingerprint density at radius 3 is 2.56 bits per heavy atom. The molecule has 2 rings (SSSR count). The number of hydrogen-bond donors (Lipinski definition) is 2. The predicted molar refractivity (Wildman–Crippen MR) is 96.3 cm³/mol. The van der Waals surface area contributed by atoms with Crippen LogP contribution in [-0.4, -0.2) is 35.1 Å². The summed E-state index contributed by atoms with van der Waals surface area (Å²) in [6.07, 6.45) is -1.25. The Hall–Kier alpha value is -3.33. The highest BCUT2D eigenvalue weighted by molar-refractivity contribution is 6.30. The number of phenols is 1. The van der Waals surface area contributed by atoms with Gasteiger partial charge in [-0.25, -0.2) is 4.79 Å². The fraction of sp³-hybridized carbons (Fsp3) is 0.176. The molecule has 2 N–H and O–H groups in total. The molecule has 0 bridgehead atoms. The van der Waals surface area contributed by atoms with Crippen molar-refractivity contribution < 1.29 is 29.1 Å². The highest BCUT2D eigenvalue weighted by atomic mass is 35.5. The predicted octanol–water partition coefficient (Wildman–Crippen LogP) is 3.15. The van der Waals surface area contributed by atoms with Gasteiger partial charge < -0.3 is 19.9 Å². The van der Waals surface area contributed by atoms with Crippen molar-refractivity contribution in [1.82, 2.24) is 0 Å². The van der Waals surface area contributed by atoms with Gasteiger partial charge in [-0.3, -0.25) is 14.9 Å². The van der Waals surface area contributed by atoms with Crippen molar-refractivity contribution in [1.29, 1.82) is 0 Å². The molecule has 0 fully saturated rings. The van der Waals surface area contributed by atoms with Crippen LogP contribution in [0.4, 0.5) is 11.4 Å². The minimum Gasteiger partial charge on any atom is -0.507 e. The normalized spacial score (nSPS) is 11.4. The number of aromatic hydroxyl groups is 1. The van der Waals surface area contributed by atoms with E-state index in [9.17, 15) is 24.8 Å². The van der Waals surface area contributed by atoms with E-state index in [-0.39, 0.29) is 33.5 Å². The summed E-state index contributed by atoms with van der Waals surface area (Å²) in [5.74, 6) is -1.86. The van der Waals surface area contributed by atoms with Crippen LogP contribution in [0.5, 0.6) is 11.5 Å². The van der Waals surface area contributed by atoms with Gasteiger partial charge in [0, 0.05) is 17.2 Å². The Labute approximate surface area is 158 Å². The summed E-state index contributed by atoms with van der Waals surface area (Å²) in [6.45, 7) is 1.31. The topological polar surface area (TPSA) is 128 Å². The van der Waals surface area contributed by atoms with Crippen molar-refractivity contribution in [3.8, 4) is 11.5 Å². The van der Waals surface area contributed by atoms with Gasteiger partial charge in [-0.05, 0) is 31.2 Å². The number of phenolic OH excluding ortho intramolecular Hbond substituents is 1. The molecule has 0 aliphatic rings. The van der Waals surface area contributed by atoms with Crippen LogP contribution in [0.2, 0.25) is 5.02 Å². The molecule has 1 amide bonds. The summed E-state index contributed by atoms with van der Waals surface area (Å²) in [5, 5.41) is 23.3. The number of benzene rings is 2. The summed E-state index contributed by atoms with van der Waals surface area (Å²) >= 11 is 5.70. The van der Waals surface area contributed by atoms with Crippen LogP contribution >= 0.6 is 11.6 Å². The molecular weight excluding hydrogens is 380 g/mol. The number of nitrogens with one attached hydrogen (secondary N) is 1. The molecule has 0 spiro atoms. The van der Waals surface area contributed by atoms with E-state index in [1.54, 1.807) is 0 Å². The van der Waals surface area contributed by atoms with E-state index in [0.717, 1.165) is 12.1 Å². The lowest BCUT2D eigenvalue weighted by molar-refractivity contribution is -0.384. The van der Waals surface area contributed by atoms with Gasteiger partial charge in [-0.1, -0.05) is 11.6 Å². The minimum atomic E-state index is -1.25. The first-order valence-corrected chi connectivity index (χ1v) is 7.93. The number of esters is 1. The highest BCUT2D eigenvalue weighted by Crippen LogP contribution is 2.29. The first-order chi connectivity index (χ1) is 12.7. The number of halogens is 1. The first-order valence-electron chi connectivity index (χ1n) is 7.55. The van der Waals surface area contributed by atoms with Crippen LogP contribution in [0.25, 0.3) is 0 Å². The maximum atomic E-state index is 12.3. The lowest BCUT2D eigenvalue weighted by Crippen LogP contribution is -2.30. The Morgan fingerprint density at radius 2 is 1.96 bits per heavy atom. The number of anilines is 1. The van der Waals surface area contributed by atoms with E-state index >= 15 is 0 Å². The fourth-order valence-electron chi connectivity index (χ4n) is 2.10. The third-order valence-electron chi connectivity index (χ3n) is 3.48. The van der Waals surface area contributed by atoms with Gasteiger partial charge in [0.25, 0.3) is 11.6 Å². The summed E-state index contributed by atoms with van der Waals surface area (Å²) in [7, 11) is 1.34. The van der Waals surface area contributed by atoms with Gasteiger partial charge in [0.2, 0.25) is 0 Å². The number of non-ortho nitro benzene ring substituents is 1. The quantitative estimate of drug-likeness (QED) is 0.437. The molecule has 9 nitrogen and oxygen atoms in total. The van der Waals surface area contributed by atoms with Crippen LogP contribution in [0.3, 0.4) is 0 Å². The number of carbonyl (C=O) groups is 2. The molecule has 0 aliphatic heterocycles. The second kappa shape index (κ2) is 8.37. The van der Waals surface area contributed by atoms with Gasteiger partial charge in [-0.15, -0.1) is 0 Å². The SMILES string of the molecule is COc1ccc([N+](=O)[O-])cc1NC(=O)[C@H](C)OC(=O)c1ccc(Cl)cc1O. The molecule has 2 aromatic carbocycles. The first kappa shape index (κ1) is 20.0. The monoisotopic (exact) mass is 394 g/mol. The van der Waals surface area contributed by atoms with Crippen LogP contribution < -0.4 is 10.1 Å². The molecule has 27 heavy (non-hydrogen) atoms. The Kier molecular flexibility index (Phi) is 6.19. The van der Waals surface area contributed by atoms with Gasteiger partial charge in [0.1, 0.15) is 17.1 Å². The van der Waals surface area contributed by atoms with E-state index in [1.807, 2.05) is 0 Å². The second-order valence-corrected chi connectivity index (χ2v) is 5.78. The van der Waals surface area contributed by atoms with E-state index in [0.29, 0.717) is 0 Å². The average Bonchev–Trinajstić information content (AvgIpc) is 2.61. The molecule has 2 aromatic rings. The number of methoxy groups -OCH3 is 1. The molecule has 0 aromatic heterocycles. The Morgan fingerprint density at radius 1 is 1.26 bits per heavy atom. The number of nitrogens with zero attached hydrogens (tertiary/aromatic N) is 1. The maximum absolute atomic E-state index is 12.3. The highest BCUT2D eigenvalue weighted by Gasteiger charge is 2.23. The molecule has 0 unspecified atom stereocenters. The minimum absolute atomic E-state index is 0.0499. The second-order valence-electron chi connectivity index (χ2n) is 5.34. The van der Waals surface area contributed by atoms with Crippen molar-refractivity contribution in [3.63, 3.8) is 0 Å². The molecule has 0 aliphatic carbocycles. The van der Waals surface area contributed by atoms with E-state index < -0.39 is 22.9 Å². The fourth-order valence-corrected chi connectivity index (χ4v) is 2.26. The van der Waals surface area contributed by atoms with Crippen molar-refractivity contribution in [3.05, 3.63) is 57.1 Å². The Balaban J connectivity index is 2.12. The maximum Gasteiger partial charge on any atom is 0.342 e. The van der Waals surface area contributed by atoms with Crippen molar-refractivity contribution in [2.75, 3.05) is 12.4 Å². The third kappa shape index (κ3) is 4.85.